The normalized spacial score (nSPS) is 25.0. The van der Waals surface area contributed by atoms with E-state index in [0.29, 0.717) is 24.6 Å². The quantitative estimate of drug-likeness (QED) is 0.384. The summed E-state index contributed by atoms with van der Waals surface area (Å²) in [5, 5.41) is 4.18. The van der Waals surface area contributed by atoms with Crippen molar-refractivity contribution < 1.29 is 18.4 Å². The molecular formula is C29H32F2N4O2. The predicted octanol–water partition coefficient (Wildman–Crippen LogP) is 6.96. The van der Waals surface area contributed by atoms with Gasteiger partial charge in [0.05, 0.1) is 28.7 Å². The molecular weight excluding hydrogens is 474 g/mol. The molecule has 8 heteroatoms. The lowest BCUT2D eigenvalue weighted by molar-refractivity contribution is -0.120. The van der Waals surface area contributed by atoms with Gasteiger partial charge in [-0.1, -0.05) is 30.5 Å². The topological polar surface area (TPSA) is 59.7 Å². The smallest absolute Gasteiger partial charge is 0.227 e. The zero-order chi connectivity index (χ0) is 25.7. The number of imidazole rings is 1. The van der Waals surface area contributed by atoms with Gasteiger partial charge in [0, 0.05) is 24.2 Å². The van der Waals surface area contributed by atoms with Crippen molar-refractivity contribution in [2.75, 3.05) is 4.90 Å². The molecule has 1 saturated carbocycles. The Hall–Kier alpha value is -3.29. The minimum absolute atomic E-state index is 0.0443. The van der Waals surface area contributed by atoms with Crippen LogP contribution in [-0.4, -0.2) is 27.3 Å². The maximum absolute atomic E-state index is 14.2. The van der Waals surface area contributed by atoms with E-state index in [1.807, 2.05) is 13.8 Å². The third-order valence-electron chi connectivity index (χ3n) is 8.25. The summed E-state index contributed by atoms with van der Waals surface area (Å²) >= 11 is 0. The van der Waals surface area contributed by atoms with Gasteiger partial charge in [-0.25, -0.2) is 13.8 Å². The second kappa shape index (κ2) is 9.54. The van der Waals surface area contributed by atoms with Crippen molar-refractivity contribution in [2.24, 2.45) is 5.16 Å². The molecule has 3 unspecified atom stereocenters. The molecule has 0 radical (unpaired) electrons. The first-order valence-electron chi connectivity index (χ1n) is 13.4. The van der Waals surface area contributed by atoms with Crippen LogP contribution in [0.25, 0.3) is 11.0 Å². The highest BCUT2D eigenvalue weighted by Crippen LogP contribution is 2.41. The molecule has 2 aromatic carbocycles. The minimum atomic E-state index is -0.954. The number of carbonyl (C=O) groups excluding carboxylic acids is 1. The summed E-state index contributed by atoms with van der Waals surface area (Å²) in [7, 11) is 0. The first-order valence-corrected chi connectivity index (χ1v) is 13.4. The molecule has 3 heterocycles. The van der Waals surface area contributed by atoms with Crippen LogP contribution in [0.1, 0.15) is 94.6 Å². The molecule has 0 N–H and O–H groups in total. The van der Waals surface area contributed by atoms with Crippen molar-refractivity contribution in [3.05, 3.63) is 59.4 Å². The summed E-state index contributed by atoms with van der Waals surface area (Å²) in [4.78, 5) is 25.5. The molecule has 0 spiro atoms. The first-order chi connectivity index (χ1) is 17.9. The number of amides is 1. The summed E-state index contributed by atoms with van der Waals surface area (Å²) in [5.41, 5.74) is 4.36. The van der Waals surface area contributed by atoms with E-state index in [1.54, 1.807) is 4.90 Å². The molecule has 1 aromatic heterocycles. The van der Waals surface area contributed by atoms with Crippen LogP contribution in [0.2, 0.25) is 0 Å². The van der Waals surface area contributed by atoms with Gasteiger partial charge >= 0.3 is 0 Å². The van der Waals surface area contributed by atoms with Crippen molar-refractivity contribution >= 4 is 28.3 Å². The highest BCUT2D eigenvalue weighted by Gasteiger charge is 2.37. The Morgan fingerprint density at radius 3 is 2.51 bits per heavy atom. The van der Waals surface area contributed by atoms with Crippen molar-refractivity contribution in [1.29, 1.82) is 0 Å². The number of rotatable bonds is 4. The van der Waals surface area contributed by atoms with E-state index in [1.165, 1.54) is 12.5 Å². The Bertz CT molecular complexity index is 1380. The number of piperidine rings is 1. The molecule has 0 bridgehead atoms. The highest BCUT2D eigenvalue weighted by molar-refractivity contribution is 5.95. The van der Waals surface area contributed by atoms with Crippen LogP contribution in [0.3, 0.4) is 0 Å². The van der Waals surface area contributed by atoms with Crippen LogP contribution in [0, 0.1) is 11.6 Å². The molecule has 1 amide bonds. The number of hydrogen-bond donors (Lipinski definition) is 0. The lowest BCUT2D eigenvalue weighted by atomic mass is 9.90. The second-order valence-corrected chi connectivity index (χ2v) is 10.7. The van der Waals surface area contributed by atoms with E-state index in [9.17, 15) is 13.6 Å². The molecule has 37 heavy (non-hydrogen) atoms. The monoisotopic (exact) mass is 506 g/mol. The number of anilines is 1. The summed E-state index contributed by atoms with van der Waals surface area (Å²) in [6.07, 6.45) is 7.44. The molecule has 6 rings (SSSR count). The van der Waals surface area contributed by atoms with E-state index in [4.69, 9.17) is 9.82 Å². The standard InChI is InChI=1S/C29H32F2N4O2/c1-17-28(18(2)37-33-17)19-11-14-25-24(15-19)32-29(35(25)20-7-4-3-5-8-20)26-9-6-10-27(36)34(26)21-12-13-22(30)23(31)16-21/h11-16,18,20,26,28H,3-10H2,1-2H3. The van der Waals surface area contributed by atoms with Gasteiger partial charge in [-0.15, -0.1) is 0 Å². The van der Waals surface area contributed by atoms with E-state index >= 15 is 0 Å². The van der Waals surface area contributed by atoms with Gasteiger partial charge in [-0.05, 0) is 69.4 Å². The van der Waals surface area contributed by atoms with Gasteiger partial charge in [-0.2, -0.15) is 0 Å². The fourth-order valence-electron chi connectivity index (χ4n) is 6.50. The molecule has 3 aromatic rings. The average Bonchev–Trinajstić information content (AvgIpc) is 3.44. The molecule has 2 fully saturated rings. The van der Waals surface area contributed by atoms with Gasteiger partial charge in [0.25, 0.3) is 0 Å². The number of halogens is 2. The number of oxime groups is 1. The largest absolute Gasteiger partial charge is 0.392 e. The molecule has 1 aliphatic carbocycles. The summed E-state index contributed by atoms with van der Waals surface area (Å²) in [5.74, 6) is -1.06. The first kappa shape index (κ1) is 24.1. The van der Waals surface area contributed by atoms with Crippen LogP contribution in [0.4, 0.5) is 14.5 Å². The zero-order valence-electron chi connectivity index (χ0n) is 21.3. The Morgan fingerprint density at radius 1 is 0.973 bits per heavy atom. The molecule has 194 valence electrons. The molecule has 2 aliphatic heterocycles. The zero-order valence-corrected chi connectivity index (χ0v) is 21.3. The number of benzene rings is 2. The van der Waals surface area contributed by atoms with Crippen LogP contribution >= 0.6 is 0 Å². The van der Waals surface area contributed by atoms with Gasteiger partial charge in [0.15, 0.2) is 11.6 Å². The maximum atomic E-state index is 14.2. The van der Waals surface area contributed by atoms with E-state index in [-0.39, 0.29) is 24.0 Å². The lowest BCUT2D eigenvalue weighted by Crippen LogP contribution is -2.40. The predicted molar refractivity (Wildman–Crippen MR) is 139 cm³/mol. The fraction of sp³-hybridized carbons (Fsp3) is 0.483. The van der Waals surface area contributed by atoms with Crippen LogP contribution < -0.4 is 4.90 Å². The third-order valence-corrected chi connectivity index (χ3v) is 8.25. The minimum Gasteiger partial charge on any atom is -0.392 e. The maximum Gasteiger partial charge on any atom is 0.227 e. The summed E-state index contributed by atoms with van der Waals surface area (Å²) < 4.78 is 30.3. The Morgan fingerprint density at radius 2 is 1.78 bits per heavy atom. The van der Waals surface area contributed by atoms with Gasteiger partial charge < -0.3 is 14.3 Å². The van der Waals surface area contributed by atoms with E-state index in [0.717, 1.165) is 72.4 Å². The fourth-order valence-corrected chi connectivity index (χ4v) is 6.50. The van der Waals surface area contributed by atoms with E-state index in [2.05, 4.69) is 27.9 Å². The number of hydrogen-bond acceptors (Lipinski definition) is 4. The van der Waals surface area contributed by atoms with Crippen molar-refractivity contribution in [3.8, 4) is 0 Å². The van der Waals surface area contributed by atoms with Gasteiger partial charge in [0.2, 0.25) is 5.91 Å². The number of fused-ring (bicyclic) bond motifs is 1. The molecule has 3 aliphatic rings. The van der Waals surface area contributed by atoms with Crippen molar-refractivity contribution in [2.45, 2.75) is 89.3 Å². The molecule has 6 nitrogen and oxygen atoms in total. The van der Waals surface area contributed by atoms with Crippen molar-refractivity contribution in [3.63, 3.8) is 0 Å². The highest BCUT2D eigenvalue weighted by atomic mass is 19.2. The summed E-state index contributed by atoms with van der Waals surface area (Å²) in [6.45, 7) is 4.01. The lowest BCUT2D eigenvalue weighted by Gasteiger charge is -2.37. The van der Waals surface area contributed by atoms with E-state index < -0.39 is 11.6 Å². The number of aromatic nitrogens is 2. The Labute approximate surface area is 215 Å². The summed E-state index contributed by atoms with van der Waals surface area (Å²) in [6, 6.07) is 10.1. The third kappa shape index (κ3) is 4.20. The van der Waals surface area contributed by atoms with Gasteiger partial charge in [-0.3, -0.25) is 4.79 Å². The van der Waals surface area contributed by atoms with Crippen molar-refractivity contribution in [1.82, 2.24) is 9.55 Å². The number of carbonyl (C=O) groups is 1. The van der Waals surface area contributed by atoms with Gasteiger partial charge in [0.1, 0.15) is 11.9 Å². The van der Waals surface area contributed by atoms with Crippen LogP contribution in [0.5, 0.6) is 0 Å². The molecule has 1 saturated heterocycles. The Balaban J connectivity index is 1.49. The second-order valence-electron chi connectivity index (χ2n) is 10.7. The SMILES string of the molecule is CC1=NOC(C)C1c1ccc2c(c1)nc(C1CCCC(=O)N1c1ccc(F)c(F)c1)n2C1CCCCC1. The average molecular weight is 507 g/mol. The van der Waals surface area contributed by atoms with Crippen LogP contribution in [0.15, 0.2) is 41.6 Å². The molecule has 3 atom stereocenters. The number of nitrogens with zero attached hydrogens (tertiary/aromatic N) is 4. The Kier molecular flexibility index (Phi) is 6.21. The van der Waals surface area contributed by atoms with Crippen LogP contribution in [-0.2, 0) is 9.63 Å².